The Labute approximate surface area is 119 Å². The van der Waals surface area contributed by atoms with Crippen LogP contribution in [-0.2, 0) is 6.42 Å². The summed E-state index contributed by atoms with van der Waals surface area (Å²) in [5.41, 5.74) is 4.46. The minimum Gasteiger partial charge on any atom is -0.271 e. The van der Waals surface area contributed by atoms with Gasteiger partial charge in [0.05, 0.1) is 6.04 Å². The van der Waals surface area contributed by atoms with Crippen LogP contribution in [-0.4, -0.2) is 9.97 Å². The van der Waals surface area contributed by atoms with Crippen LogP contribution in [0, 0.1) is 12.7 Å². The molecule has 0 aliphatic heterocycles. The Hall–Kier alpha value is -1.37. The van der Waals surface area contributed by atoms with Gasteiger partial charge in [0.2, 0.25) is 0 Å². The number of nitrogens with one attached hydrogen (secondary N) is 1. The SMILES string of the molecule is Cc1cnc(C(Cc2cc(F)ccc2Br)NN)nc1. The molecule has 2 aromatic rings. The number of halogens is 2. The van der Waals surface area contributed by atoms with Gasteiger partial charge in [-0.25, -0.2) is 19.8 Å². The second-order valence-electron chi connectivity index (χ2n) is 4.28. The molecule has 1 aromatic carbocycles. The van der Waals surface area contributed by atoms with Crippen molar-refractivity contribution in [3.8, 4) is 0 Å². The number of nitrogens with two attached hydrogens (primary N) is 1. The van der Waals surface area contributed by atoms with Gasteiger partial charge in [0.25, 0.3) is 0 Å². The summed E-state index contributed by atoms with van der Waals surface area (Å²) in [4.78, 5) is 8.47. The van der Waals surface area contributed by atoms with E-state index in [1.807, 2.05) is 6.92 Å². The van der Waals surface area contributed by atoms with Gasteiger partial charge in [0.15, 0.2) is 0 Å². The summed E-state index contributed by atoms with van der Waals surface area (Å²) in [5.74, 6) is 5.85. The number of hydrazine groups is 1. The molecule has 0 aliphatic carbocycles. The molecule has 3 N–H and O–H groups in total. The van der Waals surface area contributed by atoms with E-state index in [1.165, 1.54) is 12.1 Å². The van der Waals surface area contributed by atoms with E-state index in [9.17, 15) is 4.39 Å². The van der Waals surface area contributed by atoms with Gasteiger partial charge in [-0.1, -0.05) is 15.9 Å². The molecule has 0 spiro atoms. The van der Waals surface area contributed by atoms with Crippen molar-refractivity contribution in [2.45, 2.75) is 19.4 Å². The molecule has 0 amide bonds. The first-order chi connectivity index (χ1) is 9.10. The molecule has 6 heteroatoms. The van der Waals surface area contributed by atoms with Crippen molar-refractivity contribution in [1.29, 1.82) is 0 Å². The predicted octanol–water partition coefficient (Wildman–Crippen LogP) is 2.43. The van der Waals surface area contributed by atoms with Crippen molar-refractivity contribution < 1.29 is 4.39 Å². The van der Waals surface area contributed by atoms with Gasteiger partial charge >= 0.3 is 0 Å². The maximum Gasteiger partial charge on any atom is 0.146 e. The van der Waals surface area contributed by atoms with Crippen molar-refractivity contribution in [2.75, 3.05) is 0 Å². The monoisotopic (exact) mass is 324 g/mol. The Bertz CT molecular complexity index is 559. The highest BCUT2D eigenvalue weighted by atomic mass is 79.9. The fourth-order valence-corrected chi connectivity index (χ4v) is 2.14. The lowest BCUT2D eigenvalue weighted by atomic mass is 10.1. The third-order valence-electron chi connectivity index (χ3n) is 2.75. The first-order valence-electron chi connectivity index (χ1n) is 5.78. The van der Waals surface area contributed by atoms with Crippen LogP contribution in [0.2, 0.25) is 0 Å². The summed E-state index contributed by atoms with van der Waals surface area (Å²) in [6.07, 6.45) is 3.96. The zero-order valence-corrected chi connectivity index (χ0v) is 12.0. The summed E-state index contributed by atoms with van der Waals surface area (Å²) >= 11 is 3.40. The second kappa shape index (κ2) is 6.18. The normalized spacial score (nSPS) is 12.4. The highest BCUT2D eigenvalue weighted by Gasteiger charge is 2.15. The minimum atomic E-state index is -0.279. The van der Waals surface area contributed by atoms with E-state index in [4.69, 9.17) is 5.84 Å². The minimum absolute atomic E-state index is 0.265. The quantitative estimate of drug-likeness (QED) is 0.669. The van der Waals surface area contributed by atoms with Crippen molar-refractivity contribution >= 4 is 15.9 Å². The first-order valence-corrected chi connectivity index (χ1v) is 6.58. The topological polar surface area (TPSA) is 63.8 Å². The third-order valence-corrected chi connectivity index (χ3v) is 3.52. The second-order valence-corrected chi connectivity index (χ2v) is 5.13. The van der Waals surface area contributed by atoms with E-state index in [2.05, 4.69) is 31.3 Å². The molecule has 4 nitrogen and oxygen atoms in total. The largest absolute Gasteiger partial charge is 0.271 e. The Morgan fingerprint density at radius 1 is 1.37 bits per heavy atom. The molecule has 0 fully saturated rings. The first kappa shape index (κ1) is 14.0. The number of aromatic nitrogens is 2. The van der Waals surface area contributed by atoms with Crippen molar-refractivity contribution in [1.82, 2.24) is 15.4 Å². The molecular formula is C13H14BrFN4. The molecule has 0 saturated carbocycles. The van der Waals surface area contributed by atoms with Gasteiger partial charge in [0, 0.05) is 16.9 Å². The van der Waals surface area contributed by atoms with Gasteiger partial charge < -0.3 is 0 Å². The lowest BCUT2D eigenvalue weighted by Crippen LogP contribution is -2.31. The van der Waals surface area contributed by atoms with E-state index >= 15 is 0 Å². The molecule has 19 heavy (non-hydrogen) atoms. The number of hydrogen-bond acceptors (Lipinski definition) is 4. The molecule has 1 heterocycles. The highest BCUT2D eigenvalue weighted by Crippen LogP contribution is 2.23. The summed E-state index contributed by atoms with van der Waals surface area (Å²) in [5, 5.41) is 0. The van der Waals surface area contributed by atoms with Crippen LogP contribution in [0.25, 0.3) is 0 Å². The van der Waals surface area contributed by atoms with Crippen molar-refractivity contribution in [3.05, 3.63) is 57.8 Å². The van der Waals surface area contributed by atoms with Gasteiger partial charge in [-0.2, -0.15) is 0 Å². The van der Waals surface area contributed by atoms with Crippen LogP contribution in [0.4, 0.5) is 4.39 Å². The molecular weight excluding hydrogens is 311 g/mol. The third kappa shape index (κ3) is 3.56. The Kier molecular flexibility index (Phi) is 4.57. The lowest BCUT2D eigenvalue weighted by molar-refractivity contribution is 0.519. The smallest absolute Gasteiger partial charge is 0.146 e. The number of nitrogens with zero attached hydrogens (tertiary/aromatic N) is 2. The zero-order chi connectivity index (χ0) is 13.8. The van der Waals surface area contributed by atoms with Crippen LogP contribution in [0.3, 0.4) is 0 Å². The van der Waals surface area contributed by atoms with Crippen LogP contribution >= 0.6 is 15.9 Å². The summed E-state index contributed by atoms with van der Waals surface area (Å²) < 4.78 is 14.1. The zero-order valence-electron chi connectivity index (χ0n) is 10.4. The molecule has 100 valence electrons. The maximum atomic E-state index is 13.3. The fraction of sp³-hybridized carbons (Fsp3) is 0.231. The van der Waals surface area contributed by atoms with Crippen LogP contribution in [0.1, 0.15) is 23.0 Å². The standard InChI is InChI=1S/C13H14BrFN4/c1-8-6-17-13(18-7-8)12(19-16)5-9-4-10(15)2-3-11(9)14/h2-4,6-7,12,19H,5,16H2,1H3. The predicted molar refractivity (Wildman–Crippen MR) is 74.6 cm³/mol. The molecule has 2 rings (SSSR count). The molecule has 1 aromatic heterocycles. The van der Waals surface area contributed by atoms with E-state index < -0.39 is 0 Å². The van der Waals surface area contributed by atoms with Crippen molar-refractivity contribution in [3.63, 3.8) is 0 Å². The van der Waals surface area contributed by atoms with Crippen LogP contribution < -0.4 is 11.3 Å². The Balaban J connectivity index is 2.23. The van der Waals surface area contributed by atoms with E-state index in [1.54, 1.807) is 18.5 Å². The number of aryl methyl sites for hydroxylation is 1. The number of hydrogen-bond donors (Lipinski definition) is 2. The summed E-state index contributed by atoms with van der Waals surface area (Å²) in [7, 11) is 0. The van der Waals surface area contributed by atoms with Gasteiger partial charge in [-0.05, 0) is 42.7 Å². The molecule has 0 radical (unpaired) electrons. The molecule has 0 bridgehead atoms. The Morgan fingerprint density at radius 2 is 2.05 bits per heavy atom. The van der Waals surface area contributed by atoms with E-state index in [0.717, 1.165) is 15.6 Å². The van der Waals surface area contributed by atoms with Gasteiger partial charge in [-0.3, -0.25) is 5.84 Å². The molecule has 1 unspecified atom stereocenters. The van der Waals surface area contributed by atoms with E-state index in [-0.39, 0.29) is 11.9 Å². The number of rotatable bonds is 4. The average Bonchev–Trinajstić information content (AvgIpc) is 2.41. The summed E-state index contributed by atoms with van der Waals surface area (Å²) in [6, 6.07) is 4.29. The molecule has 0 aliphatic rings. The van der Waals surface area contributed by atoms with Crippen LogP contribution in [0.15, 0.2) is 35.1 Å². The van der Waals surface area contributed by atoms with Gasteiger partial charge in [-0.15, -0.1) is 0 Å². The van der Waals surface area contributed by atoms with Gasteiger partial charge in [0.1, 0.15) is 11.6 Å². The average molecular weight is 325 g/mol. The molecule has 0 saturated heterocycles. The molecule has 1 atom stereocenters. The highest BCUT2D eigenvalue weighted by molar-refractivity contribution is 9.10. The number of benzene rings is 1. The Morgan fingerprint density at radius 3 is 2.68 bits per heavy atom. The lowest BCUT2D eigenvalue weighted by Gasteiger charge is -2.15. The fourth-order valence-electron chi connectivity index (χ4n) is 1.73. The maximum absolute atomic E-state index is 13.3. The van der Waals surface area contributed by atoms with E-state index in [0.29, 0.717) is 12.2 Å². The van der Waals surface area contributed by atoms with Crippen molar-refractivity contribution in [2.24, 2.45) is 5.84 Å². The summed E-state index contributed by atoms with van der Waals surface area (Å²) in [6.45, 7) is 1.91. The van der Waals surface area contributed by atoms with Crippen LogP contribution in [0.5, 0.6) is 0 Å².